The minimum Gasteiger partial charge on any atom is -0.506 e. The van der Waals surface area contributed by atoms with E-state index in [1.165, 1.54) is 6.07 Å². The van der Waals surface area contributed by atoms with E-state index in [0.717, 1.165) is 23.1 Å². The van der Waals surface area contributed by atoms with Gasteiger partial charge in [-0.25, -0.2) is 0 Å². The maximum Gasteiger partial charge on any atom is 0.146 e. The number of phenols is 2. The first-order valence-corrected chi connectivity index (χ1v) is 10.2. The van der Waals surface area contributed by atoms with Crippen LogP contribution in [0.1, 0.15) is 11.4 Å². The van der Waals surface area contributed by atoms with Crippen molar-refractivity contribution in [1.82, 2.24) is 9.97 Å². The molecule has 4 rings (SSSR count). The Hall–Kier alpha value is -3.97. The Labute approximate surface area is 190 Å². The van der Waals surface area contributed by atoms with Crippen molar-refractivity contribution in [2.45, 2.75) is 13.1 Å². The number of hydrogen-bond donors (Lipinski definition) is 2. The second kappa shape index (κ2) is 9.89. The van der Waals surface area contributed by atoms with Crippen molar-refractivity contribution in [3.05, 3.63) is 102 Å². The minimum atomic E-state index is -0.222. The molecule has 2 N–H and O–H groups in total. The van der Waals surface area contributed by atoms with E-state index < -0.39 is 0 Å². The molecule has 0 atom stereocenters. The Bertz CT molecular complexity index is 1180. The van der Waals surface area contributed by atoms with Gasteiger partial charge in [-0.1, -0.05) is 35.9 Å². The summed E-state index contributed by atoms with van der Waals surface area (Å²) in [6.45, 7) is 1.08. The predicted octanol–water partition coefficient (Wildman–Crippen LogP) is 6.16. The molecule has 2 aromatic carbocycles. The molecule has 0 aliphatic rings. The molecule has 0 fully saturated rings. The van der Waals surface area contributed by atoms with E-state index in [9.17, 15) is 10.2 Å². The number of aromatic hydroxyl groups is 2. The molecule has 8 heteroatoms. The quantitative estimate of drug-likeness (QED) is 0.332. The summed E-state index contributed by atoms with van der Waals surface area (Å²) in [4.78, 5) is 11.0. The van der Waals surface area contributed by atoms with Gasteiger partial charge in [-0.3, -0.25) is 9.97 Å². The smallest absolute Gasteiger partial charge is 0.146 e. The van der Waals surface area contributed by atoms with Crippen LogP contribution in [-0.4, -0.2) is 20.2 Å². The molecule has 32 heavy (non-hydrogen) atoms. The number of halogens is 1. The normalized spacial score (nSPS) is 11.0. The van der Waals surface area contributed by atoms with Crippen LogP contribution < -0.4 is 4.90 Å². The van der Waals surface area contributed by atoms with Crippen molar-refractivity contribution in [1.29, 1.82) is 0 Å². The van der Waals surface area contributed by atoms with Gasteiger partial charge >= 0.3 is 0 Å². The fraction of sp³-hybridized carbons (Fsp3) is 0.0833. The fourth-order valence-corrected chi connectivity index (χ4v) is 3.30. The number of rotatable bonds is 7. The third kappa shape index (κ3) is 5.19. The first-order chi connectivity index (χ1) is 15.6. The largest absolute Gasteiger partial charge is 0.506 e. The lowest BCUT2D eigenvalue weighted by Gasteiger charge is -2.25. The van der Waals surface area contributed by atoms with Crippen molar-refractivity contribution < 1.29 is 10.2 Å². The van der Waals surface area contributed by atoms with Gasteiger partial charge in [0.15, 0.2) is 0 Å². The molecule has 0 amide bonds. The number of hydrogen-bond acceptors (Lipinski definition) is 7. The fourth-order valence-electron chi connectivity index (χ4n) is 3.14. The predicted molar refractivity (Wildman–Crippen MR) is 124 cm³/mol. The average molecular weight is 446 g/mol. The summed E-state index contributed by atoms with van der Waals surface area (Å²) in [6, 6.07) is 21.6. The number of anilines is 1. The van der Waals surface area contributed by atoms with Crippen molar-refractivity contribution in [3.8, 4) is 11.5 Å². The van der Waals surface area contributed by atoms with Crippen LogP contribution in [0.4, 0.5) is 17.1 Å². The third-order valence-corrected chi connectivity index (χ3v) is 4.99. The summed E-state index contributed by atoms with van der Waals surface area (Å²) < 4.78 is 0. The molecular formula is C24H20ClN5O2. The molecule has 0 unspecified atom stereocenters. The third-order valence-electron chi connectivity index (χ3n) is 4.69. The highest BCUT2D eigenvalue weighted by atomic mass is 35.5. The van der Waals surface area contributed by atoms with Gasteiger partial charge in [0.05, 0.1) is 35.2 Å². The van der Waals surface area contributed by atoms with Crippen molar-refractivity contribution in [2.75, 3.05) is 4.90 Å². The minimum absolute atomic E-state index is 0.0805. The summed E-state index contributed by atoms with van der Waals surface area (Å²) in [5, 5.41) is 28.3. The zero-order valence-corrected chi connectivity index (χ0v) is 17.8. The van der Waals surface area contributed by atoms with E-state index in [-0.39, 0.29) is 22.2 Å². The van der Waals surface area contributed by atoms with Crippen LogP contribution >= 0.6 is 11.6 Å². The number of aromatic nitrogens is 2. The van der Waals surface area contributed by atoms with Crippen LogP contribution in [0.5, 0.6) is 11.5 Å². The number of phenolic OH excluding ortho intramolecular Hbond substituents is 2. The lowest BCUT2D eigenvalue weighted by molar-refractivity contribution is 0.451. The summed E-state index contributed by atoms with van der Waals surface area (Å²) >= 11 is 5.94. The van der Waals surface area contributed by atoms with Gasteiger partial charge in [0.25, 0.3) is 0 Å². The van der Waals surface area contributed by atoms with E-state index >= 15 is 0 Å². The topological polar surface area (TPSA) is 94.2 Å². The Balaban J connectivity index is 1.69. The molecule has 0 saturated carbocycles. The van der Waals surface area contributed by atoms with E-state index in [0.29, 0.717) is 18.8 Å². The molecule has 0 bridgehead atoms. The monoisotopic (exact) mass is 445 g/mol. The maximum absolute atomic E-state index is 10.1. The molecular weight excluding hydrogens is 426 g/mol. The first-order valence-electron chi connectivity index (χ1n) is 9.87. The molecule has 2 heterocycles. The maximum atomic E-state index is 10.1. The Morgan fingerprint density at radius 1 is 0.719 bits per heavy atom. The molecule has 2 aromatic heterocycles. The van der Waals surface area contributed by atoms with Crippen LogP contribution in [0, 0.1) is 0 Å². The van der Waals surface area contributed by atoms with Gasteiger partial charge in [-0.2, -0.15) is 0 Å². The zero-order valence-electron chi connectivity index (χ0n) is 17.0. The highest BCUT2D eigenvalue weighted by molar-refractivity contribution is 6.32. The Morgan fingerprint density at radius 2 is 1.31 bits per heavy atom. The van der Waals surface area contributed by atoms with Gasteiger partial charge in [-0.05, 0) is 42.5 Å². The second-order valence-electron chi connectivity index (χ2n) is 6.98. The van der Waals surface area contributed by atoms with E-state index in [1.54, 1.807) is 12.4 Å². The summed E-state index contributed by atoms with van der Waals surface area (Å²) in [6.07, 6.45) is 3.52. The van der Waals surface area contributed by atoms with Crippen LogP contribution in [0.2, 0.25) is 5.02 Å². The lowest BCUT2D eigenvalue weighted by atomic mass is 10.2. The number of pyridine rings is 2. The lowest BCUT2D eigenvalue weighted by Crippen LogP contribution is -2.23. The van der Waals surface area contributed by atoms with E-state index in [2.05, 4.69) is 25.1 Å². The van der Waals surface area contributed by atoms with E-state index in [4.69, 9.17) is 11.6 Å². The molecule has 7 nitrogen and oxygen atoms in total. The van der Waals surface area contributed by atoms with Crippen LogP contribution in [0.25, 0.3) is 0 Å². The summed E-state index contributed by atoms with van der Waals surface area (Å²) in [5.74, 6) is -0.438. The highest BCUT2D eigenvalue weighted by Crippen LogP contribution is 2.38. The van der Waals surface area contributed by atoms with Crippen LogP contribution in [0.3, 0.4) is 0 Å². The molecule has 4 aromatic rings. The molecule has 0 aliphatic carbocycles. The SMILES string of the molecule is Oc1cc(O)c(N=Nc2ccccc2N(Cc2ccccn2)Cc2ccccn2)cc1Cl. The van der Waals surface area contributed by atoms with Gasteiger partial charge in [-0.15, -0.1) is 10.2 Å². The van der Waals surface area contributed by atoms with Crippen LogP contribution in [-0.2, 0) is 13.1 Å². The molecule has 0 spiro atoms. The molecule has 0 aliphatic heterocycles. The van der Waals surface area contributed by atoms with Gasteiger partial charge in [0, 0.05) is 18.5 Å². The van der Waals surface area contributed by atoms with Crippen molar-refractivity contribution in [2.24, 2.45) is 10.2 Å². The Morgan fingerprint density at radius 3 is 1.94 bits per heavy atom. The second-order valence-corrected chi connectivity index (χ2v) is 7.39. The number of para-hydroxylation sites is 1. The van der Waals surface area contributed by atoms with Gasteiger partial charge < -0.3 is 15.1 Å². The van der Waals surface area contributed by atoms with E-state index in [1.807, 2.05) is 60.7 Å². The number of azo groups is 1. The standard InChI is InChI=1S/C24H20ClN5O2/c25-19-13-21(24(32)14-23(19)31)29-28-20-9-1-2-10-22(20)30(15-17-7-3-5-11-26-17)16-18-8-4-6-12-27-18/h1-14,31-32H,15-16H2. The highest BCUT2D eigenvalue weighted by Gasteiger charge is 2.14. The summed E-state index contributed by atoms with van der Waals surface area (Å²) in [7, 11) is 0. The van der Waals surface area contributed by atoms with Crippen LogP contribution in [0.15, 0.2) is 95.4 Å². The van der Waals surface area contributed by atoms with Crippen molar-refractivity contribution in [3.63, 3.8) is 0 Å². The summed E-state index contributed by atoms with van der Waals surface area (Å²) in [5.41, 5.74) is 3.39. The number of benzene rings is 2. The van der Waals surface area contributed by atoms with Gasteiger partial charge in [0.1, 0.15) is 22.9 Å². The molecule has 0 radical (unpaired) electrons. The first kappa shape index (κ1) is 21.3. The molecule has 160 valence electrons. The van der Waals surface area contributed by atoms with Crippen molar-refractivity contribution >= 4 is 28.7 Å². The Kier molecular flexibility index (Phi) is 6.57. The number of nitrogens with zero attached hydrogens (tertiary/aromatic N) is 5. The van der Waals surface area contributed by atoms with Gasteiger partial charge in [0.2, 0.25) is 0 Å². The zero-order chi connectivity index (χ0) is 22.3. The average Bonchev–Trinajstić information content (AvgIpc) is 2.82. The molecule has 0 saturated heterocycles.